The highest BCUT2D eigenvalue weighted by atomic mass is 79.9. The lowest BCUT2D eigenvalue weighted by molar-refractivity contribution is -0.117. The van der Waals surface area contributed by atoms with Crippen LogP contribution in [0.4, 0.5) is 5.69 Å². The van der Waals surface area contributed by atoms with Crippen LogP contribution >= 0.6 is 27.7 Å². The number of rotatable bonds is 3. The van der Waals surface area contributed by atoms with Gasteiger partial charge in [0.2, 0.25) is 5.91 Å². The summed E-state index contributed by atoms with van der Waals surface area (Å²) in [5, 5.41) is 14.8. The summed E-state index contributed by atoms with van der Waals surface area (Å²) in [4.78, 5) is 23.0. The van der Waals surface area contributed by atoms with Gasteiger partial charge in [-0.25, -0.2) is 4.79 Å². The van der Waals surface area contributed by atoms with E-state index in [-0.39, 0.29) is 17.5 Å². The minimum atomic E-state index is -1.07. The van der Waals surface area contributed by atoms with E-state index in [0.717, 1.165) is 5.88 Å². The van der Waals surface area contributed by atoms with Crippen LogP contribution in [0.1, 0.15) is 10.4 Å². The van der Waals surface area contributed by atoms with Gasteiger partial charge in [0.1, 0.15) is 0 Å². The second-order valence-corrected chi connectivity index (χ2v) is 5.61. The molecule has 1 saturated heterocycles. The van der Waals surface area contributed by atoms with E-state index in [2.05, 4.69) is 26.6 Å². The Bertz CT molecular complexity index is 489. The minimum Gasteiger partial charge on any atom is -0.478 e. The van der Waals surface area contributed by atoms with Gasteiger partial charge in [0.15, 0.2) is 0 Å². The topological polar surface area (TPSA) is 78.4 Å². The Hall–Kier alpha value is -1.05. The molecule has 1 aromatic rings. The van der Waals surface area contributed by atoms with Gasteiger partial charge in [0, 0.05) is 16.1 Å². The summed E-state index contributed by atoms with van der Waals surface area (Å²) in [6, 6.07) is 4.49. The highest BCUT2D eigenvalue weighted by molar-refractivity contribution is 9.10. The SMILES string of the molecule is O=C(O)c1cccc(Br)c1NC(=O)C1CSCN1. The zero-order chi connectivity index (χ0) is 13.1. The summed E-state index contributed by atoms with van der Waals surface area (Å²) >= 11 is 4.88. The van der Waals surface area contributed by atoms with Crippen molar-refractivity contribution in [1.82, 2.24) is 5.32 Å². The standard InChI is InChI=1S/C11H11BrN2O3S/c12-7-3-1-2-6(11(16)17)9(7)14-10(15)8-4-18-5-13-8/h1-3,8,13H,4-5H2,(H,14,15)(H,16,17). The van der Waals surface area contributed by atoms with Gasteiger partial charge in [-0.2, -0.15) is 0 Å². The Morgan fingerprint density at radius 2 is 2.28 bits per heavy atom. The Morgan fingerprint density at radius 1 is 1.50 bits per heavy atom. The third-order valence-corrected chi connectivity index (χ3v) is 4.13. The molecule has 0 bridgehead atoms. The lowest BCUT2D eigenvalue weighted by Crippen LogP contribution is -2.37. The molecule has 1 aromatic carbocycles. The van der Waals surface area contributed by atoms with Crippen molar-refractivity contribution in [3.8, 4) is 0 Å². The van der Waals surface area contributed by atoms with Crippen LogP contribution in [-0.4, -0.2) is 34.7 Å². The molecule has 1 aliphatic heterocycles. The maximum Gasteiger partial charge on any atom is 0.337 e. The molecule has 2 rings (SSSR count). The van der Waals surface area contributed by atoms with Crippen molar-refractivity contribution in [2.45, 2.75) is 6.04 Å². The van der Waals surface area contributed by atoms with E-state index in [9.17, 15) is 9.59 Å². The first-order valence-electron chi connectivity index (χ1n) is 5.23. The van der Waals surface area contributed by atoms with Crippen LogP contribution < -0.4 is 10.6 Å². The smallest absolute Gasteiger partial charge is 0.337 e. The van der Waals surface area contributed by atoms with Crippen molar-refractivity contribution in [2.75, 3.05) is 16.9 Å². The van der Waals surface area contributed by atoms with Crippen LogP contribution in [0, 0.1) is 0 Å². The molecule has 1 unspecified atom stereocenters. The summed E-state index contributed by atoms with van der Waals surface area (Å²) in [7, 11) is 0. The normalized spacial score (nSPS) is 18.6. The predicted octanol–water partition coefficient (Wildman–Crippen LogP) is 1.75. The Kier molecular flexibility index (Phi) is 4.26. The number of para-hydroxylation sites is 1. The Morgan fingerprint density at radius 3 is 2.89 bits per heavy atom. The van der Waals surface area contributed by atoms with Gasteiger partial charge in [0.05, 0.1) is 17.3 Å². The van der Waals surface area contributed by atoms with Gasteiger partial charge < -0.3 is 10.4 Å². The quantitative estimate of drug-likeness (QED) is 0.786. The lowest BCUT2D eigenvalue weighted by Gasteiger charge is -2.13. The van der Waals surface area contributed by atoms with Crippen LogP contribution in [0.5, 0.6) is 0 Å². The number of carbonyl (C=O) groups excluding carboxylic acids is 1. The number of carboxylic acid groups (broad SMARTS) is 1. The van der Waals surface area contributed by atoms with Crippen LogP contribution in [-0.2, 0) is 4.79 Å². The fourth-order valence-corrected chi connectivity index (χ4v) is 3.01. The molecule has 0 aromatic heterocycles. The molecule has 0 radical (unpaired) electrons. The molecule has 1 fully saturated rings. The predicted molar refractivity (Wildman–Crippen MR) is 74.0 cm³/mol. The number of amides is 1. The molecule has 1 atom stereocenters. The summed E-state index contributed by atoms with van der Waals surface area (Å²) in [5.41, 5.74) is 0.372. The Balaban J connectivity index is 2.22. The van der Waals surface area contributed by atoms with E-state index in [1.165, 1.54) is 6.07 Å². The molecule has 0 aliphatic carbocycles. The molecule has 1 heterocycles. The molecule has 0 saturated carbocycles. The monoisotopic (exact) mass is 330 g/mol. The number of nitrogens with one attached hydrogen (secondary N) is 2. The van der Waals surface area contributed by atoms with Crippen LogP contribution in [0.25, 0.3) is 0 Å². The largest absolute Gasteiger partial charge is 0.478 e. The van der Waals surface area contributed by atoms with E-state index in [1.54, 1.807) is 23.9 Å². The fourth-order valence-electron chi connectivity index (χ4n) is 1.60. The number of carboxylic acids is 1. The third-order valence-electron chi connectivity index (χ3n) is 2.53. The summed E-state index contributed by atoms with van der Waals surface area (Å²) < 4.78 is 0.557. The van der Waals surface area contributed by atoms with Gasteiger partial charge in [-0.3, -0.25) is 10.1 Å². The van der Waals surface area contributed by atoms with Crippen molar-refractivity contribution in [3.05, 3.63) is 28.2 Å². The first kappa shape index (κ1) is 13.4. The number of benzene rings is 1. The van der Waals surface area contributed by atoms with Crippen LogP contribution in [0.3, 0.4) is 0 Å². The van der Waals surface area contributed by atoms with Gasteiger partial charge in [-0.15, -0.1) is 11.8 Å². The first-order valence-corrected chi connectivity index (χ1v) is 7.18. The number of thioether (sulfide) groups is 1. The number of hydrogen-bond donors (Lipinski definition) is 3. The Labute approximate surface area is 116 Å². The van der Waals surface area contributed by atoms with E-state index in [1.807, 2.05) is 0 Å². The van der Waals surface area contributed by atoms with Crippen molar-refractivity contribution in [1.29, 1.82) is 0 Å². The van der Waals surface area contributed by atoms with Crippen molar-refractivity contribution < 1.29 is 14.7 Å². The molecule has 3 N–H and O–H groups in total. The van der Waals surface area contributed by atoms with Gasteiger partial charge in [-0.1, -0.05) is 6.07 Å². The highest BCUT2D eigenvalue weighted by Crippen LogP contribution is 2.27. The number of halogens is 1. The average molecular weight is 331 g/mol. The van der Waals surface area contributed by atoms with Crippen molar-refractivity contribution in [3.63, 3.8) is 0 Å². The zero-order valence-electron chi connectivity index (χ0n) is 9.27. The summed E-state index contributed by atoms with van der Waals surface area (Å²) in [6.07, 6.45) is 0. The molecule has 0 spiro atoms. The number of anilines is 1. The van der Waals surface area contributed by atoms with Crippen LogP contribution in [0.2, 0.25) is 0 Å². The number of aromatic carboxylic acids is 1. The maximum atomic E-state index is 11.9. The van der Waals surface area contributed by atoms with E-state index >= 15 is 0 Å². The molecule has 1 aliphatic rings. The van der Waals surface area contributed by atoms with Gasteiger partial charge in [0.25, 0.3) is 0 Å². The minimum absolute atomic E-state index is 0.0726. The van der Waals surface area contributed by atoms with E-state index in [0.29, 0.717) is 15.9 Å². The molecule has 1 amide bonds. The van der Waals surface area contributed by atoms with Crippen molar-refractivity contribution >= 4 is 45.3 Å². The molecule has 7 heteroatoms. The van der Waals surface area contributed by atoms with Crippen molar-refractivity contribution in [2.24, 2.45) is 0 Å². The zero-order valence-corrected chi connectivity index (χ0v) is 11.7. The molecule has 18 heavy (non-hydrogen) atoms. The average Bonchev–Trinajstić information content (AvgIpc) is 2.85. The first-order chi connectivity index (χ1) is 8.59. The maximum absolute atomic E-state index is 11.9. The molecular formula is C11H11BrN2O3S. The molecule has 5 nitrogen and oxygen atoms in total. The van der Waals surface area contributed by atoms with Crippen LogP contribution in [0.15, 0.2) is 22.7 Å². The molecule has 96 valence electrons. The third kappa shape index (κ3) is 2.85. The van der Waals surface area contributed by atoms with Gasteiger partial charge in [-0.05, 0) is 28.1 Å². The number of hydrogen-bond acceptors (Lipinski definition) is 4. The van der Waals surface area contributed by atoms with E-state index in [4.69, 9.17) is 5.11 Å². The second-order valence-electron chi connectivity index (χ2n) is 3.73. The lowest BCUT2D eigenvalue weighted by atomic mass is 10.1. The second kappa shape index (κ2) is 5.73. The fraction of sp³-hybridized carbons (Fsp3) is 0.273. The number of carbonyl (C=O) groups is 2. The molecular weight excluding hydrogens is 320 g/mol. The summed E-state index contributed by atoms with van der Waals surface area (Å²) in [6.45, 7) is 0. The summed E-state index contributed by atoms with van der Waals surface area (Å²) in [5.74, 6) is 0.146. The van der Waals surface area contributed by atoms with E-state index < -0.39 is 5.97 Å². The highest BCUT2D eigenvalue weighted by Gasteiger charge is 2.24. The van der Waals surface area contributed by atoms with Gasteiger partial charge >= 0.3 is 5.97 Å².